The molecule has 0 aromatic carbocycles. The van der Waals surface area contributed by atoms with Crippen molar-refractivity contribution in [2.75, 3.05) is 33.7 Å². The van der Waals surface area contributed by atoms with E-state index < -0.39 is 11.8 Å². The number of carbonyl (C=O) groups is 2. The van der Waals surface area contributed by atoms with E-state index in [0.29, 0.717) is 19.0 Å². The predicted molar refractivity (Wildman–Crippen MR) is 61.8 cm³/mol. The molecule has 0 radical (unpaired) electrons. The summed E-state index contributed by atoms with van der Waals surface area (Å²) in [4.78, 5) is 26.8. The second-order valence-corrected chi connectivity index (χ2v) is 4.56. The van der Waals surface area contributed by atoms with E-state index in [9.17, 15) is 9.59 Å². The van der Waals surface area contributed by atoms with Gasteiger partial charge in [0.1, 0.15) is 6.54 Å². The highest BCUT2D eigenvalue weighted by Crippen LogP contribution is 2.19. The molecule has 0 aromatic rings. The normalized spacial score (nSPS) is 23.6. The molecule has 0 aliphatic carbocycles. The Morgan fingerprint density at radius 3 is 2.59 bits per heavy atom. The number of rotatable bonds is 2. The quantitative estimate of drug-likeness (QED) is 0.496. The standard InChI is InChI=1S/C11H18N4O2/c1-8-6-15(7-9(8)14(2)3)11(17)10(16)13-5-4-12/h8-9H,5-7H2,1-3H3,(H,13,16). The molecular formula is C11H18N4O2. The molecule has 1 heterocycles. The van der Waals surface area contributed by atoms with E-state index >= 15 is 0 Å². The summed E-state index contributed by atoms with van der Waals surface area (Å²) in [5.41, 5.74) is 0. The van der Waals surface area contributed by atoms with Gasteiger partial charge in [0.25, 0.3) is 0 Å². The molecular weight excluding hydrogens is 220 g/mol. The maximum absolute atomic E-state index is 11.8. The van der Waals surface area contributed by atoms with Crippen molar-refractivity contribution in [3.8, 4) is 6.07 Å². The van der Waals surface area contributed by atoms with Crippen molar-refractivity contribution < 1.29 is 9.59 Å². The molecule has 1 aliphatic heterocycles. The molecule has 0 bridgehead atoms. The summed E-state index contributed by atoms with van der Waals surface area (Å²) in [6.07, 6.45) is 0. The zero-order chi connectivity index (χ0) is 13.0. The fourth-order valence-electron chi connectivity index (χ4n) is 2.13. The lowest BCUT2D eigenvalue weighted by molar-refractivity contribution is -0.145. The minimum atomic E-state index is -0.696. The third kappa shape index (κ3) is 3.17. The van der Waals surface area contributed by atoms with Gasteiger partial charge in [0.15, 0.2) is 0 Å². The molecule has 0 saturated carbocycles. The minimum Gasteiger partial charge on any atom is -0.335 e. The highest BCUT2D eigenvalue weighted by Gasteiger charge is 2.35. The van der Waals surface area contributed by atoms with Crippen LogP contribution in [-0.2, 0) is 9.59 Å². The second kappa shape index (κ2) is 5.64. The molecule has 2 unspecified atom stereocenters. The first kappa shape index (κ1) is 13.5. The van der Waals surface area contributed by atoms with Crippen molar-refractivity contribution in [3.05, 3.63) is 0 Å². The lowest BCUT2D eigenvalue weighted by atomic mass is 10.1. The van der Waals surface area contributed by atoms with Gasteiger partial charge in [-0.2, -0.15) is 5.26 Å². The molecule has 1 saturated heterocycles. The van der Waals surface area contributed by atoms with Crippen LogP contribution in [0.2, 0.25) is 0 Å². The average Bonchev–Trinajstić information content (AvgIpc) is 2.67. The molecule has 1 N–H and O–H groups in total. The lowest BCUT2D eigenvalue weighted by Gasteiger charge is -2.22. The fourth-order valence-corrected chi connectivity index (χ4v) is 2.13. The Bertz CT molecular complexity index is 348. The highest BCUT2D eigenvalue weighted by molar-refractivity contribution is 6.35. The van der Waals surface area contributed by atoms with Gasteiger partial charge < -0.3 is 15.1 Å². The van der Waals surface area contributed by atoms with Crippen LogP contribution in [0, 0.1) is 17.2 Å². The van der Waals surface area contributed by atoms with Crippen LogP contribution in [0.4, 0.5) is 0 Å². The van der Waals surface area contributed by atoms with Crippen molar-refractivity contribution in [3.63, 3.8) is 0 Å². The van der Waals surface area contributed by atoms with Gasteiger partial charge in [0.2, 0.25) is 0 Å². The van der Waals surface area contributed by atoms with E-state index in [0.717, 1.165) is 0 Å². The Balaban J connectivity index is 2.56. The number of nitrogens with one attached hydrogen (secondary N) is 1. The third-order valence-electron chi connectivity index (χ3n) is 3.05. The van der Waals surface area contributed by atoms with Gasteiger partial charge >= 0.3 is 11.8 Å². The maximum atomic E-state index is 11.8. The highest BCUT2D eigenvalue weighted by atomic mass is 16.2. The van der Waals surface area contributed by atoms with E-state index in [1.807, 2.05) is 14.1 Å². The number of nitriles is 1. The molecule has 17 heavy (non-hydrogen) atoms. The molecule has 0 aromatic heterocycles. The summed E-state index contributed by atoms with van der Waals surface area (Å²) in [7, 11) is 3.93. The van der Waals surface area contributed by atoms with Gasteiger partial charge in [-0.1, -0.05) is 6.92 Å². The summed E-state index contributed by atoms with van der Waals surface area (Å²) in [6.45, 7) is 3.07. The zero-order valence-corrected chi connectivity index (χ0v) is 10.4. The first-order valence-electron chi connectivity index (χ1n) is 5.57. The van der Waals surface area contributed by atoms with Crippen molar-refractivity contribution >= 4 is 11.8 Å². The SMILES string of the molecule is CC1CN(C(=O)C(=O)NCC#N)CC1N(C)C. The van der Waals surface area contributed by atoms with Crippen LogP contribution >= 0.6 is 0 Å². The maximum Gasteiger partial charge on any atom is 0.311 e. The van der Waals surface area contributed by atoms with E-state index in [-0.39, 0.29) is 12.6 Å². The molecule has 6 nitrogen and oxygen atoms in total. The van der Waals surface area contributed by atoms with Crippen LogP contribution in [0.3, 0.4) is 0 Å². The van der Waals surface area contributed by atoms with Crippen LogP contribution in [0.25, 0.3) is 0 Å². The van der Waals surface area contributed by atoms with Crippen LogP contribution in [-0.4, -0.2) is 61.4 Å². The van der Waals surface area contributed by atoms with Gasteiger partial charge in [0, 0.05) is 19.1 Å². The Morgan fingerprint density at radius 1 is 1.47 bits per heavy atom. The van der Waals surface area contributed by atoms with E-state index in [2.05, 4.69) is 17.1 Å². The van der Waals surface area contributed by atoms with Gasteiger partial charge in [0.05, 0.1) is 6.07 Å². The second-order valence-electron chi connectivity index (χ2n) is 4.56. The third-order valence-corrected chi connectivity index (χ3v) is 3.05. The van der Waals surface area contributed by atoms with Crippen molar-refractivity contribution in [1.29, 1.82) is 5.26 Å². The molecule has 2 amide bonds. The first-order chi connectivity index (χ1) is 7.97. The number of hydrogen-bond donors (Lipinski definition) is 1. The number of hydrogen-bond acceptors (Lipinski definition) is 4. The van der Waals surface area contributed by atoms with Gasteiger partial charge in [-0.25, -0.2) is 0 Å². The van der Waals surface area contributed by atoms with Crippen LogP contribution in [0.15, 0.2) is 0 Å². The molecule has 1 fully saturated rings. The molecule has 6 heteroatoms. The Morgan fingerprint density at radius 2 is 2.12 bits per heavy atom. The Kier molecular flexibility index (Phi) is 4.46. The lowest BCUT2D eigenvalue weighted by Crippen LogP contribution is -2.43. The van der Waals surface area contributed by atoms with Crippen LogP contribution in [0.1, 0.15) is 6.92 Å². The van der Waals surface area contributed by atoms with E-state index in [1.54, 1.807) is 11.0 Å². The largest absolute Gasteiger partial charge is 0.335 e. The van der Waals surface area contributed by atoms with Crippen molar-refractivity contribution in [1.82, 2.24) is 15.1 Å². The summed E-state index contributed by atoms with van der Waals surface area (Å²) in [6, 6.07) is 2.05. The van der Waals surface area contributed by atoms with Crippen molar-refractivity contribution in [2.24, 2.45) is 5.92 Å². The average molecular weight is 238 g/mol. The summed E-state index contributed by atoms with van der Waals surface area (Å²) >= 11 is 0. The summed E-state index contributed by atoms with van der Waals surface area (Å²) in [5.74, 6) is -0.896. The minimum absolute atomic E-state index is 0.134. The Hall–Kier alpha value is -1.61. The fraction of sp³-hybridized carbons (Fsp3) is 0.727. The topological polar surface area (TPSA) is 76.4 Å². The van der Waals surface area contributed by atoms with Gasteiger partial charge in [-0.15, -0.1) is 0 Å². The summed E-state index contributed by atoms with van der Waals surface area (Å²) in [5, 5.41) is 10.6. The number of carbonyl (C=O) groups excluding carboxylic acids is 2. The first-order valence-corrected chi connectivity index (χ1v) is 5.57. The number of likely N-dealkylation sites (tertiary alicyclic amines) is 1. The van der Waals surface area contributed by atoms with E-state index in [1.165, 1.54) is 0 Å². The number of nitrogens with zero attached hydrogens (tertiary/aromatic N) is 3. The molecule has 0 spiro atoms. The van der Waals surface area contributed by atoms with Crippen LogP contribution < -0.4 is 5.32 Å². The number of amides is 2. The van der Waals surface area contributed by atoms with Crippen LogP contribution in [0.5, 0.6) is 0 Å². The Labute approximate surface area is 101 Å². The van der Waals surface area contributed by atoms with Gasteiger partial charge in [-0.05, 0) is 20.0 Å². The predicted octanol–water partition coefficient (Wildman–Crippen LogP) is -0.965. The molecule has 1 rings (SSSR count). The summed E-state index contributed by atoms with van der Waals surface area (Å²) < 4.78 is 0. The monoisotopic (exact) mass is 238 g/mol. The molecule has 2 atom stereocenters. The molecule has 1 aliphatic rings. The van der Waals surface area contributed by atoms with Gasteiger partial charge in [-0.3, -0.25) is 9.59 Å². The smallest absolute Gasteiger partial charge is 0.311 e. The molecule has 94 valence electrons. The zero-order valence-electron chi connectivity index (χ0n) is 10.4. The number of likely N-dealkylation sites (N-methyl/N-ethyl adjacent to an activating group) is 1. The van der Waals surface area contributed by atoms with Crippen molar-refractivity contribution in [2.45, 2.75) is 13.0 Å². The van der Waals surface area contributed by atoms with E-state index in [4.69, 9.17) is 5.26 Å².